The van der Waals surface area contributed by atoms with Gasteiger partial charge in [0.15, 0.2) is 4.77 Å². The van der Waals surface area contributed by atoms with E-state index in [9.17, 15) is 14.3 Å². The second-order valence-corrected chi connectivity index (χ2v) is 4.27. The van der Waals surface area contributed by atoms with E-state index >= 15 is 0 Å². The fourth-order valence-electron chi connectivity index (χ4n) is 1.46. The molecule has 1 heterocycles. The van der Waals surface area contributed by atoms with Crippen LogP contribution in [0.2, 0.25) is 0 Å². The van der Waals surface area contributed by atoms with Gasteiger partial charge in [0, 0.05) is 6.21 Å². The fourth-order valence-corrected chi connectivity index (χ4v) is 1.65. The number of hydrogen-bond donors (Lipinski definition) is 3. The maximum absolute atomic E-state index is 13.1. The van der Waals surface area contributed by atoms with E-state index in [-0.39, 0.29) is 16.2 Å². The van der Waals surface area contributed by atoms with Gasteiger partial charge in [-0.2, -0.15) is 0 Å². The Labute approximate surface area is 112 Å². The molecule has 19 heavy (non-hydrogen) atoms. The van der Waals surface area contributed by atoms with Crippen molar-refractivity contribution in [3.05, 3.63) is 50.3 Å². The zero-order valence-corrected chi connectivity index (χ0v) is 10.7. The average Bonchev–Trinajstić information content (AvgIpc) is 2.32. The quantitative estimate of drug-likeness (QED) is 0.583. The van der Waals surface area contributed by atoms with Crippen LogP contribution in [0, 0.1) is 17.5 Å². The van der Waals surface area contributed by atoms with Crippen LogP contribution in [0.3, 0.4) is 0 Å². The molecule has 2 rings (SSSR count). The minimum Gasteiger partial charge on any atom is -0.494 e. The molecule has 0 unspecified atom stereocenters. The van der Waals surface area contributed by atoms with Gasteiger partial charge in [-0.25, -0.2) is 4.39 Å². The molecule has 0 saturated heterocycles. The Morgan fingerprint density at radius 3 is 2.84 bits per heavy atom. The number of aromatic nitrogens is 2. The number of rotatable bonds is 2. The molecular formula is C12H10FN3O2S. The molecule has 5 nitrogen and oxygen atoms in total. The summed E-state index contributed by atoms with van der Waals surface area (Å²) in [5.74, 6) is -0.810. The highest BCUT2D eigenvalue weighted by atomic mass is 32.1. The van der Waals surface area contributed by atoms with Crippen molar-refractivity contribution in [3.63, 3.8) is 0 Å². The molecule has 0 amide bonds. The van der Waals surface area contributed by atoms with Crippen molar-refractivity contribution in [2.24, 2.45) is 4.99 Å². The van der Waals surface area contributed by atoms with Crippen LogP contribution in [0.5, 0.6) is 5.88 Å². The number of nitrogens with one attached hydrogen (secondary N) is 2. The number of benzene rings is 1. The van der Waals surface area contributed by atoms with E-state index in [1.807, 2.05) is 0 Å². The number of aromatic amines is 2. The largest absolute Gasteiger partial charge is 0.494 e. The van der Waals surface area contributed by atoms with Gasteiger partial charge < -0.3 is 10.1 Å². The van der Waals surface area contributed by atoms with Gasteiger partial charge in [-0.1, -0.05) is 6.07 Å². The number of halogens is 1. The van der Waals surface area contributed by atoms with Crippen molar-refractivity contribution in [1.82, 2.24) is 9.97 Å². The molecule has 0 spiro atoms. The number of nitrogens with zero attached hydrogens (tertiary/aromatic N) is 1. The second kappa shape index (κ2) is 5.15. The number of hydrogen-bond acceptors (Lipinski definition) is 4. The summed E-state index contributed by atoms with van der Waals surface area (Å²) in [6.07, 6.45) is 1.15. The van der Waals surface area contributed by atoms with Crippen molar-refractivity contribution >= 4 is 24.1 Å². The molecule has 0 aliphatic heterocycles. The Bertz CT molecular complexity index is 764. The lowest BCUT2D eigenvalue weighted by Crippen LogP contribution is -2.13. The van der Waals surface area contributed by atoms with Gasteiger partial charge in [0.2, 0.25) is 5.88 Å². The van der Waals surface area contributed by atoms with E-state index in [1.165, 1.54) is 12.1 Å². The summed E-state index contributed by atoms with van der Waals surface area (Å²) in [5.41, 5.74) is 0.481. The van der Waals surface area contributed by atoms with Gasteiger partial charge in [0.1, 0.15) is 11.4 Å². The van der Waals surface area contributed by atoms with Crippen LogP contribution in [-0.4, -0.2) is 21.3 Å². The molecule has 0 aliphatic rings. The van der Waals surface area contributed by atoms with E-state index in [0.29, 0.717) is 5.69 Å². The Balaban J connectivity index is 2.46. The minimum atomic E-state index is -0.570. The van der Waals surface area contributed by atoms with Gasteiger partial charge in [-0.3, -0.25) is 14.8 Å². The monoisotopic (exact) mass is 279 g/mol. The Morgan fingerprint density at radius 1 is 1.42 bits per heavy atom. The van der Waals surface area contributed by atoms with Crippen molar-refractivity contribution in [2.75, 3.05) is 0 Å². The third-order valence-electron chi connectivity index (χ3n) is 2.46. The maximum Gasteiger partial charge on any atom is 0.264 e. The maximum atomic E-state index is 13.1. The van der Waals surface area contributed by atoms with E-state index in [1.54, 1.807) is 13.0 Å². The summed E-state index contributed by atoms with van der Waals surface area (Å²) in [7, 11) is 0. The second-order valence-electron chi connectivity index (χ2n) is 3.86. The first-order valence-corrected chi connectivity index (χ1v) is 5.74. The smallest absolute Gasteiger partial charge is 0.264 e. The van der Waals surface area contributed by atoms with Gasteiger partial charge >= 0.3 is 0 Å². The molecular weight excluding hydrogens is 269 g/mol. The van der Waals surface area contributed by atoms with Crippen LogP contribution in [0.1, 0.15) is 11.1 Å². The summed E-state index contributed by atoms with van der Waals surface area (Å²) in [4.78, 5) is 20.3. The van der Waals surface area contributed by atoms with E-state index in [0.717, 1.165) is 11.8 Å². The van der Waals surface area contributed by atoms with E-state index in [2.05, 4.69) is 15.0 Å². The van der Waals surface area contributed by atoms with E-state index in [4.69, 9.17) is 12.2 Å². The summed E-state index contributed by atoms with van der Waals surface area (Å²) in [5, 5.41) is 9.57. The van der Waals surface area contributed by atoms with Crippen molar-refractivity contribution in [3.8, 4) is 5.88 Å². The highest BCUT2D eigenvalue weighted by Crippen LogP contribution is 2.19. The SMILES string of the molecule is Cc1ccc(F)cc1N=Cc1c(O)[nH]c(=S)[nH]c1=O. The first-order chi connectivity index (χ1) is 8.97. The molecule has 1 aromatic carbocycles. The lowest BCUT2D eigenvalue weighted by atomic mass is 10.2. The highest BCUT2D eigenvalue weighted by Gasteiger charge is 2.05. The molecule has 3 N–H and O–H groups in total. The lowest BCUT2D eigenvalue weighted by molar-refractivity contribution is 0.449. The summed E-state index contributed by atoms with van der Waals surface area (Å²) in [6, 6.07) is 4.13. The number of H-pyrrole nitrogens is 2. The molecule has 0 bridgehead atoms. The standard InChI is InChI=1S/C12H10FN3O2S/c1-6-2-3-7(13)4-9(6)14-5-8-10(17)15-12(19)16-11(8)18/h2-5H,1H3,(H3,15,16,17,18,19). The van der Waals surface area contributed by atoms with Crippen LogP contribution in [0.15, 0.2) is 28.0 Å². The summed E-state index contributed by atoms with van der Waals surface area (Å²) in [6.45, 7) is 1.76. The molecule has 0 saturated carbocycles. The molecule has 0 aliphatic carbocycles. The van der Waals surface area contributed by atoms with Crippen molar-refractivity contribution in [2.45, 2.75) is 6.92 Å². The first kappa shape index (κ1) is 13.2. The van der Waals surface area contributed by atoms with E-state index < -0.39 is 11.4 Å². The van der Waals surface area contributed by atoms with Crippen molar-refractivity contribution < 1.29 is 9.50 Å². The Kier molecular flexibility index (Phi) is 3.57. The molecule has 0 fully saturated rings. The van der Waals surface area contributed by atoms with Crippen LogP contribution in [0.25, 0.3) is 0 Å². The van der Waals surface area contributed by atoms with Gasteiger partial charge in [-0.05, 0) is 36.8 Å². The summed E-state index contributed by atoms with van der Waals surface area (Å²) < 4.78 is 13.1. The van der Waals surface area contributed by atoms with Crippen LogP contribution < -0.4 is 5.56 Å². The molecule has 1 aromatic heterocycles. The van der Waals surface area contributed by atoms with Gasteiger partial charge in [0.05, 0.1) is 5.69 Å². The predicted octanol–water partition coefficient (Wildman–Crippen LogP) is 2.34. The van der Waals surface area contributed by atoms with Gasteiger partial charge in [0.25, 0.3) is 5.56 Å². The first-order valence-electron chi connectivity index (χ1n) is 5.33. The predicted molar refractivity (Wildman–Crippen MR) is 72.3 cm³/mol. The summed E-state index contributed by atoms with van der Waals surface area (Å²) >= 11 is 4.70. The molecule has 0 radical (unpaired) electrons. The number of aromatic hydroxyl groups is 1. The van der Waals surface area contributed by atoms with Crippen LogP contribution in [0.4, 0.5) is 10.1 Å². The third-order valence-corrected chi connectivity index (χ3v) is 2.67. The van der Waals surface area contributed by atoms with Gasteiger partial charge in [-0.15, -0.1) is 0 Å². The highest BCUT2D eigenvalue weighted by molar-refractivity contribution is 7.71. The molecule has 2 aromatic rings. The van der Waals surface area contributed by atoms with Crippen molar-refractivity contribution in [1.29, 1.82) is 0 Å². The normalized spacial score (nSPS) is 11.1. The van der Waals surface area contributed by atoms with Crippen LogP contribution >= 0.6 is 12.2 Å². The molecule has 7 heteroatoms. The minimum absolute atomic E-state index is 0.0154. The Hall–Kier alpha value is -2.28. The molecule has 98 valence electrons. The number of aryl methyl sites for hydroxylation is 1. The average molecular weight is 279 g/mol. The molecule has 0 atom stereocenters. The Morgan fingerprint density at radius 2 is 2.16 bits per heavy atom. The third kappa shape index (κ3) is 2.94. The zero-order chi connectivity index (χ0) is 14.0. The topological polar surface area (TPSA) is 81.2 Å². The lowest BCUT2D eigenvalue weighted by Gasteiger charge is -2.00. The number of aliphatic imine (C=N–C) groups is 1. The fraction of sp³-hybridized carbons (Fsp3) is 0.0833. The van der Waals surface area contributed by atoms with Crippen LogP contribution in [-0.2, 0) is 0 Å². The zero-order valence-electron chi connectivity index (χ0n) is 9.90.